The summed E-state index contributed by atoms with van der Waals surface area (Å²) in [6.45, 7) is 3.82. The maximum Gasteiger partial charge on any atom is 0.258 e. The molecule has 3 rings (SSSR count). The van der Waals surface area contributed by atoms with E-state index < -0.39 is 0 Å². The molecule has 2 heterocycles. The van der Waals surface area contributed by atoms with E-state index >= 15 is 0 Å². The van der Waals surface area contributed by atoms with Gasteiger partial charge in [0.1, 0.15) is 0 Å². The fraction of sp³-hybridized carbons (Fsp3) is 0.688. The number of thiophene rings is 1. The van der Waals surface area contributed by atoms with Gasteiger partial charge in [-0.2, -0.15) is 0 Å². The van der Waals surface area contributed by atoms with Gasteiger partial charge in [-0.3, -0.25) is 4.79 Å². The van der Waals surface area contributed by atoms with Crippen LogP contribution >= 0.6 is 11.3 Å². The van der Waals surface area contributed by atoms with E-state index in [2.05, 4.69) is 11.0 Å². The molecule has 1 saturated heterocycles. The van der Waals surface area contributed by atoms with Crippen molar-refractivity contribution in [2.24, 2.45) is 17.6 Å². The summed E-state index contributed by atoms with van der Waals surface area (Å²) in [4.78, 5) is 15.8. The standard InChI is InChI=1S/C16H24N2OS/c17-16(19)15-4-3-14(20-15)11-13-6-9-18(10-7-13)8-5-12-1-2-12/h3-4,12-13H,1-2,5-11H2,(H2,17,19). The minimum absolute atomic E-state index is 0.295. The lowest BCUT2D eigenvalue weighted by Crippen LogP contribution is -2.35. The SMILES string of the molecule is NC(=O)c1ccc(CC2CCN(CCC3CC3)CC2)s1. The molecule has 20 heavy (non-hydrogen) atoms. The lowest BCUT2D eigenvalue weighted by molar-refractivity contribution is 0.100. The van der Waals surface area contributed by atoms with Crippen molar-refractivity contribution >= 4 is 17.2 Å². The van der Waals surface area contributed by atoms with Crippen molar-refractivity contribution in [2.45, 2.75) is 38.5 Å². The highest BCUT2D eigenvalue weighted by atomic mass is 32.1. The van der Waals surface area contributed by atoms with Crippen LogP contribution in [0.1, 0.15) is 46.7 Å². The predicted molar refractivity (Wildman–Crippen MR) is 83.0 cm³/mol. The van der Waals surface area contributed by atoms with Crippen molar-refractivity contribution in [2.75, 3.05) is 19.6 Å². The van der Waals surface area contributed by atoms with Crippen molar-refractivity contribution in [3.63, 3.8) is 0 Å². The Morgan fingerprint density at radius 1 is 1.20 bits per heavy atom. The Balaban J connectivity index is 1.41. The molecule has 0 bridgehead atoms. The number of nitrogens with two attached hydrogens (primary N) is 1. The van der Waals surface area contributed by atoms with Gasteiger partial charge in [-0.25, -0.2) is 0 Å². The first-order valence-electron chi connectivity index (χ1n) is 7.81. The molecule has 1 saturated carbocycles. The zero-order chi connectivity index (χ0) is 13.9. The van der Waals surface area contributed by atoms with Crippen LogP contribution < -0.4 is 5.73 Å². The van der Waals surface area contributed by atoms with Gasteiger partial charge in [0, 0.05) is 4.88 Å². The summed E-state index contributed by atoms with van der Waals surface area (Å²) >= 11 is 1.57. The quantitative estimate of drug-likeness (QED) is 0.876. The van der Waals surface area contributed by atoms with E-state index in [1.807, 2.05) is 6.07 Å². The molecule has 0 atom stereocenters. The number of nitrogens with zero attached hydrogens (tertiary/aromatic N) is 1. The van der Waals surface area contributed by atoms with Gasteiger partial charge in [0.25, 0.3) is 5.91 Å². The van der Waals surface area contributed by atoms with Crippen LogP contribution in [0.3, 0.4) is 0 Å². The number of primary amides is 1. The Morgan fingerprint density at radius 3 is 2.55 bits per heavy atom. The summed E-state index contributed by atoms with van der Waals surface area (Å²) in [5.74, 6) is 1.54. The monoisotopic (exact) mass is 292 g/mol. The Labute approximate surface area is 125 Å². The lowest BCUT2D eigenvalue weighted by Gasteiger charge is -2.31. The zero-order valence-corrected chi connectivity index (χ0v) is 12.8. The van der Waals surface area contributed by atoms with Crippen LogP contribution in [0.4, 0.5) is 0 Å². The van der Waals surface area contributed by atoms with Gasteiger partial charge >= 0.3 is 0 Å². The van der Waals surface area contributed by atoms with Crippen LogP contribution in [-0.2, 0) is 6.42 Å². The van der Waals surface area contributed by atoms with Crippen molar-refractivity contribution in [3.8, 4) is 0 Å². The number of carbonyl (C=O) groups is 1. The van der Waals surface area contributed by atoms with E-state index in [0.717, 1.165) is 18.3 Å². The molecule has 110 valence electrons. The van der Waals surface area contributed by atoms with Crippen LogP contribution in [-0.4, -0.2) is 30.4 Å². The smallest absolute Gasteiger partial charge is 0.258 e. The summed E-state index contributed by atoms with van der Waals surface area (Å²) in [6.07, 6.45) is 8.07. The third-order valence-corrected chi connectivity index (χ3v) is 5.77. The normalized spacial score (nSPS) is 21.2. The number of carbonyl (C=O) groups excluding carboxylic acids is 1. The Morgan fingerprint density at radius 2 is 1.95 bits per heavy atom. The first kappa shape index (κ1) is 14.1. The lowest BCUT2D eigenvalue weighted by atomic mass is 9.93. The average Bonchev–Trinajstić information content (AvgIpc) is 3.15. The molecule has 3 nitrogen and oxygen atoms in total. The van der Waals surface area contributed by atoms with E-state index in [1.54, 1.807) is 11.3 Å². The maximum absolute atomic E-state index is 11.1. The highest BCUT2D eigenvalue weighted by Gasteiger charge is 2.24. The topological polar surface area (TPSA) is 46.3 Å². The van der Waals surface area contributed by atoms with E-state index in [9.17, 15) is 4.79 Å². The summed E-state index contributed by atoms with van der Waals surface area (Å²) in [7, 11) is 0. The molecule has 2 fully saturated rings. The van der Waals surface area contributed by atoms with Crippen LogP contribution in [0.25, 0.3) is 0 Å². The van der Waals surface area contributed by atoms with Gasteiger partial charge in [-0.15, -0.1) is 11.3 Å². The largest absolute Gasteiger partial charge is 0.365 e. The molecule has 1 aromatic rings. The van der Waals surface area contributed by atoms with E-state index in [0.29, 0.717) is 4.88 Å². The highest BCUT2D eigenvalue weighted by Crippen LogP contribution is 2.33. The molecule has 0 unspecified atom stereocenters. The molecule has 4 heteroatoms. The third-order valence-electron chi connectivity index (χ3n) is 4.65. The average molecular weight is 292 g/mol. The van der Waals surface area contributed by atoms with Crippen LogP contribution in [0.2, 0.25) is 0 Å². The second-order valence-electron chi connectivity index (χ2n) is 6.35. The Bertz CT molecular complexity index is 459. The molecule has 1 amide bonds. The molecule has 1 aliphatic carbocycles. The third kappa shape index (κ3) is 3.83. The number of rotatable bonds is 6. The van der Waals surface area contributed by atoms with Gasteiger partial charge in [0.15, 0.2) is 0 Å². The summed E-state index contributed by atoms with van der Waals surface area (Å²) < 4.78 is 0. The van der Waals surface area contributed by atoms with Crippen LogP contribution in [0.15, 0.2) is 12.1 Å². The summed E-state index contributed by atoms with van der Waals surface area (Å²) in [5, 5.41) is 0. The first-order chi connectivity index (χ1) is 9.70. The number of piperidine rings is 1. The minimum atomic E-state index is -0.295. The number of hydrogen-bond acceptors (Lipinski definition) is 3. The summed E-state index contributed by atoms with van der Waals surface area (Å²) in [6, 6.07) is 3.94. The predicted octanol–water partition coefficient (Wildman–Crippen LogP) is 2.90. The molecule has 2 N–H and O–H groups in total. The fourth-order valence-corrected chi connectivity index (χ4v) is 4.06. The Kier molecular flexibility index (Phi) is 4.41. The van der Waals surface area contributed by atoms with Gasteiger partial charge in [-0.1, -0.05) is 12.8 Å². The Hall–Kier alpha value is -0.870. The first-order valence-corrected chi connectivity index (χ1v) is 8.63. The maximum atomic E-state index is 11.1. The molecule has 1 aliphatic heterocycles. The van der Waals surface area contributed by atoms with Gasteiger partial charge in [-0.05, 0) is 69.3 Å². The molecule has 1 aromatic heterocycles. The number of likely N-dealkylation sites (tertiary alicyclic amines) is 1. The van der Waals surface area contributed by atoms with Gasteiger partial charge in [0.05, 0.1) is 4.88 Å². The van der Waals surface area contributed by atoms with Crippen LogP contribution in [0, 0.1) is 11.8 Å². The van der Waals surface area contributed by atoms with Crippen molar-refractivity contribution in [3.05, 3.63) is 21.9 Å². The molecular weight excluding hydrogens is 268 g/mol. The second-order valence-corrected chi connectivity index (χ2v) is 7.52. The zero-order valence-electron chi connectivity index (χ0n) is 12.0. The van der Waals surface area contributed by atoms with Crippen molar-refractivity contribution in [1.29, 1.82) is 0 Å². The number of amides is 1. The molecule has 2 aliphatic rings. The fourth-order valence-electron chi connectivity index (χ4n) is 3.09. The highest BCUT2D eigenvalue weighted by molar-refractivity contribution is 7.14. The molecule has 0 spiro atoms. The summed E-state index contributed by atoms with van der Waals surface area (Å²) in [5.41, 5.74) is 5.31. The van der Waals surface area contributed by atoms with Crippen molar-refractivity contribution in [1.82, 2.24) is 4.90 Å². The van der Waals surface area contributed by atoms with E-state index in [4.69, 9.17) is 5.73 Å². The molecular formula is C16H24N2OS. The van der Waals surface area contributed by atoms with Crippen molar-refractivity contribution < 1.29 is 4.79 Å². The second kappa shape index (κ2) is 6.27. The van der Waals surface area contributed by atoms with Gasteiger partial charge in [0.2, 0.25) is 0 Å². The van der Waals surface area contributed by atoms with E-state index in [-0.39, 0.29) is 5.91 Å². The van der Waals surface area contributed by atoms with Gasteiger partial charge < -0.3 is 10.6 Å². The number of hydrogen-bond donors (Lipinski definition) is 1. The molecule has 0 aromatic carbocycles. The van der Waals surface area contributed by atoms with Crippen LogP contribution in [0.5, 0.6) is 0 Å². The van der Waals surface area contributed by atoms with E-state index in [1.165, 1.54) is 56.6 Å². The molecule has 0 radical (unpaired) electrons. The minimum Gasteiger partial charge on any atom is -0.365 e.